The highest BCUT2D eigenvalue weighted by molar-refractivity contribution is 5.55. The van der Waals surface area contributed by atoms with Gasteiger partial charge in [-0.15, -0.1) is 0 Å². The third kappa shape index (κ3) is 1.56. The van der Waals surface area contributed by atoms with Gasteiger partial charge in [0.15, 0.2) is 11.5 Å². The molecule has 1 aromatic carbocycles. The fourth-order valence-electron chi connectivity index (χ4n) is 1.56. The number of rotatable bonds is 3. The van der Waals surface area contributed by atoms with Gasteiger partial charge in [0.2, 0.25) is 0 Å². The van der Waals surface area contributed by atoms with E-state index in [0.717, 1.165) is 0 Å². The molecule has 0 fully saturated rings. The minimum Gasteiger partial charge on any atom is -0.493 e. The Balaban J connectivity index is 2.65. The molecule has 1 heterocycles. The molecular weight excluding hydrogens is 208 g/mol. The molecule has 0 bridgehead atoms. The first-order valence-corrected chi connectivity index (χ1v) is 4.75. The molecule has 5 heteroatoms. The van der Waals surface area contributed by atoms with Crippen molar-refractivity contribution in [2.75, 3.05) is 14.2 Å². The van der Waals surface area contributed by atoms with Gasteiger partial charge in [0.05, 0.1) is 14.2 Å². The van der Waals surface area contributed by atoms with Crippen molar-refractivity contribution in [1.82, 2.24) is 9.78 Å². The highest BCUT2D eigenvalue weighted by atomic mass is 16.5. The van der Waals surface area contributed by atoms with Crippen LogP contribution in [0.25, 0.3) is 5.69 Å². The minimum atomic E-state index is -0.147. The molecule has 1 aromatic heterocycles. The summed E-state index contributed by atoms with van der Waals surface area (Å²) in [6, 6.07) is 6.79. The van der Waals surface area contributed by atoms with Crippen molar-refractivity contribution in [2.24, 2.45) is 0 Å². The summed E-state index contributed by atoms with van der Waals surface area (Å²) in [4.78, 5) is 11.5. The van der Waals surface area contributed by atoms with E-state index in [4.69, 9.17) is 9.47 Å². The number of hydrogen-bond donors (Lipinski definition) is 1. The van der Waals surface area contributed by atoms with E-state index in [2.05, 4.69) is 5.10 Å². The number of methoxy groups -OCH3 is 2. The van der Waals surface area contributed by atoms with Gasteiger partial charge in [-0.2, -0.15) is 0 Å². The molecule has 2 aromatic rings. The minimum absolute atomic E-state index is 0.147. The van der Waals surface area contributed by atoms with Crippen LogP contribution < -0.4 is 15.0 Å². The lowest BCUT2D eigenvalue weighted by Crippen LogP contribution is -2.14. The topological polar surface area (TPSA) is 56.2 Å². The second kappa shape index (κ2) is 4.14. The van der Waals surface area contributed by atoms with Crippen molar-refractivity contribution in [3.8, 4) is 17.2 Å². The van der Waals surface area contributed by atoms with Gasteiger partial charge in [0.25, 0.3) is 5.56 Å². The molecule has 0 spiro atoms. The lowest BCUT2D eigenvalue weighted by atomic mass is 10.2. The Morgan fingerprint density at radius 2 is 2.00 bits per heavy atom. The molecule has 0 aliphatic heterocycles. The van der Waals surface area contributed by atoms with E-state index >= 15 is 0 Å². The molecule has 0 amide bonds. The zero-order valence-corrected chi connectivity index (χ0v) is 9.06. The molecule has 5 nitrogen and oxygen atoms in total. The molecule has 0 aliphatic carbocycles. The van der Waals surface area contributed by atoms with Gasteiger partial charge < -0.3 is 9.47 Å². The van der Waals surface area contributed by atoms with Crippen LogP contribution in [0.3, 0.4) is 0 Å². The number of nitrogens with zero attached hydrogens (tertiary/aromatic N) is 1. The molecule has 84 valence electrons. The normalized spacial score (nSPS) is 10.1. The third-order valence-electron chi connectivity index (χ3n) is 2.27. The van der Waals surface area contributed by atoms with Crippen molar-refractivity contribution < 1.29 is 9.47 Å². The van der Waals surface area contributed by atoms with Crippen LogP contribution in [-0.4, -0.2) is 24.0 Å². The zero-order chi connectivity index (χ0) is 11.5. The number of ether oxygens (including phenoxy) is 2. The van der Waals surface area contributed by atoms with E-state index in [-0.39, 0.29) is 5.56 Å². The predicted octanol–water partition coefficient (Wildman–Crippen LogP) is 1.18. The molecule has 0 saturated carbocycles. The molecular formula is C11H12N2O3. The molecule has 0 saturated heterocycles. The Morgan fingerprint density at radius 1 is 1.19 bits per heavy atom. The first-order chi connectivity index (χ1) is 7.77. The van der Waals surface area contributed by atoms with Crippen LogP contribution in [-0.2, 0) is 0 Å². The highest BCUT2D eigenvalue weighted by Crippen LogP contribution is 2.32. The fourth-order valence-corrected chi connectivity index (χ4v) is 1.56. The second-order valence-electron chi connectivity index (χ2n) is 3.15. The number of aromatic amines is 1. The zero-order valence-electron chi connectivity index (χ0n) is 9.06. The van der Waals surface area contributed by atoms with Gasteiger partial charge in [-0.05, 0) is 12.1 Å². The van der Waals surface area contributed by atoms with Crippen molar-refractivity contribution in [3.05, 3.63) is 40.8 Å². The van der Waals surface area contributed by atoms with Crippen LogP contribution in [0.4, 0.5) is 0 Å². The summed E-state index contributed by atoms with van der Waals surface area (Å²) >= 11 is 0. The molecule has 0 radical (unpaired) electrons. The van der Waals surface area contributed by atoms with E-state index in [1.54, 1.807) is 31.5 Å². The maximum absolute atomic E-state index is 11.5. The van der Waals surface area contributed by atoms with E-state index in [0.29, 0.717) is 17.2 Å². The summed E-state index contributed by atoms with van der Waals surface area (Å²) < 4.78 is 11.8. The average Bonchev–Trinajstić information content (AvgIpc) is 2.74. The van der Waals surface area contributed by atoms with E-state index < -0.39 is 0 Å². The Labute approximate surface area is 92.2 Å². The van der Waals surface area contributed by atoms with Crippen molar-refractivity contribution in [1.29, 1.82) is 0 Å². The highest BCUT2D eigenvalue weighted by Gasteiger charge is 2.12. The number of hydrogen-bond acceptors (Lipinski definition) is 3. The smallest absolute Gasteiger partial charge is 0.271 e. The maximum atomic E-state index is 11.5. The molecule has 0 unspecified atom stereocenters. The summed E-state index contributed by atoms with van der Waals surface area (Å²) in [7, 11) is 3.09. The van der Waals surface area contributed by atoms with Gasteiger partial charge >= 0.3 is 0 Å². The summed E-state index contributed by atoms with van der Waals surface area (Å²) in [6.07, 6.45) is 1.57. The average molecular weight is 220 g/mol. The van der Waals surface area contributed by atoms with Crippen molar-refractivity contribution in [3.63, 3.8) is 0 Å². The van der Waals surface area contributed by atoms with E-state index in [1.807, 2.05) is 0 Å². The lowest BCUT2D eigenvalue weighted by molar-refractivity contribution is 0.353. The predicted molar refractivity (Wildman–Crippen MR) is 59.5 cm³/mol. The largest absolute Gasteiger partial charge is 0.493 e. The van der Waals surface area contributed by atoms with Gasteiger partial charge in [0.1, 0.15) is 5.69 Å². The van der Waals surface area contributed by atoms with Gasteiger partial charge in [-0.1, -0.05) is 6.07 Å². The van der Waals surface area contributed by atoms with Gasteiger partial charge in [-0.25, -0.2) is 4.68 Å². The Bertz CT molecular complexity index is 542. The van der Waals surface area contributed by atoms with Gasteiger partial charge in [0, 0.05) is 12.3 Å². The third-order valence-corrected chi connectivity index (χ3v) is 2.27. The first kappa shape index (κ1) is 10.4. The van der Waals surface area contributed by atoms with Gasteiger partial charge in [-0.3, -0.25) is 9.89 Å². The molecule has 1 N–H and O–H groups in total. The van der Waals surface area contributed by atoms with Crippen LogP contribution in [0.5, 0.6) is 11.5 Å². The maximum Gasteiger partial charge on any atom is 0.271 e. The number of para-hydroxylation sites is 1. The van der Waals surface area contributed by atoms with E-state index in [9.17, 15) is 4.79 Å². The molecule has 16 heavy (non-hydrogen) atoms. The van der Waals surface area contributed by atoms with E-state index in [1.165, 1.54) is 17.9 Å². The molecule has 0 atom stereocenters. The molecule has 0 aliphatic rings. The van der Waals surface area contributed by atoms with Crippen LogP contribution in [0.15, 0.2) is 35.3 Å². The monoisotopic (exact) mass is 220 g/mol. The second-order valence-corrected chi connectivity index (χ2v) is 3.15. The Hall–Kier alpha value is -2.17. The molecule has 2 rings (SSSR count). The Morgan fingerprint density at radius 3 is 2.56 bits per heavy atom. The standard InChI is InChI=1S/C11H12N2O3/c1-15-9-5-3-4-8(11(9)16-2)13-10(14)6-7-12-13/h3-7,12H,1-2H3. The van der Waals surface area contributed by atoms with Crippen molar-refractivity contribution >= 4 is 0 Å². The lowest BCUT2D eigenvalue weighted by Gasteiger charge is -2.12. The number of nitrogens with one attached hydrogen (secondary N) is 1. The summed E-state index contributed by atoms with van der Waals surface area (Å²) in [5.41, 5.74) is 0.475. The number of benzene rings is 1. The van der Waals surface area contributed by atoms with Crippen LogP contribution >= 0.6 is 0 Å². The summed E-state index contributed by atoms with van der Waals surface area (Å²) in [5, 5.41) is 2.82. The first-order valence-electron chi connectivity index (χ1n) is 4.75. The van der Waals surface area contributed by atoms with Crippen LogP contribution in [0, 0.1) is 0 Å². The summed E-state index contributed by atoms with van der Waals surface area (Å²) in [5.74, 6) is 1.11. The Kier molecular flexibility index (Phi) is 2.68. The quantitative estimate of drug-likeness (QED) is 0.845. The SMILES string of the molecule is COc1cccc(-n2[nH]ccc2=O)c1OC. The van der Waals surface area contributed by atoms with Crippen molar-refractivity contribution in [2.45, 2.75) is 0 Å². The van der Waals surface area contributed by atoms with Crippen LogP contribution in [0.1, 0.15) is 0 Å². The van der Waals surface area contributed by atoms with Crippen LogP contribution in [0.2, 0.25) is 0 Å². The number of aromatic nitrogens is 2. The summed E-state index contributed by atoms with van der Waals surface area (Å²) in [6.45, 7) is 0. The fraction of sp³-hybridized carbons (Fsp3) is 0.182. The number of H-pyrrole nitrogens is 1.